The Bertz CT molecular complexity index is 509. The van der Waals surface area contributed by atoms with Gasteiger partial charge in [0, 0.05) is 11.3 Å². The number of nitrogens with one attached hydrogen (secondary N) is 2. The fourth-order valence-electron chi connectivity index (χ4n) is 2.25. The summed E-state index contributed by atoms with van der Waals surface area (Å²) in [4.78, 5) is 16.0. The number of hydrogen-bond donors (Lipinski definition) is 3. The maximum absolute atomic E-state index is 11.7. The van der Waals surface area contributed by atoms with E-state index in [1.54, 1.807) is 6.20 Å². The third kappa shape index (κ3) is 3.53. The molecule has 20 heavy (non-hydrogen) atoms. The lowest BCUT2D eigenvalue weighted by molar-refractivity contribution is 0.0541. The van der Waals surface area contributed by atoms with Crippen LogP contribution in [-0.2, 0) is 17.6 Å². The summed E-state index contributed by atoms with van der Waals surface area (Å²) in [5.41, 5.74) is 14.2. The number of hydrogen-bond acceptors (Lipinski definition) is 5. The van der Waals surface area contributed by atoms with E-state index in [-0.39, 0.29) is 0 Å². The standard InChI is InChI=1S/C14H22N4O2/c1-14(2,3)20-13(19)18-17-12-9-6-4-5-7-11(9)16-8-10(12)15/h8H,4-7,15H2,1-3H3,(H,16,17)(H,18,19). The van der Waals surface area contributed by atoms with Crippen molar-refractivity contribution < 1.29 is 9.53 Å². The Morgan fingerprint density at radius 1 is 1.35 bits per heavy atom. The minimum atomic E-state index is -0.533. The SMILES string of the molecule is CC(C)(C)OC(=O)NNc1c(N)cnc2c1CCCC2. The molecule has 0 bridgehead atoms. The van der Waals surface area contributed by atoms with Crippen molar-refractivity contribution in [1.29, 1.82) is 0 Å². The number of amides is 1. The molecule has 0 radical (unpaired) electrons. The number of nitrogens with zero attached hydrogens (tertiary/aromatic N) is 1. The second-order valence-corrected chi connectivity index (χ2v) is 5.97. The van der Waals surface area contributed by atoms with Crippen LogP contribution in [0.1, 0.15) is 44.9 Å². The number of hydrazine groups is 1. The van der Waals surface area contributed by atoms with Gasteiger partial charge in [0.25, 0.3) is 0 Å². The highest BCUT2D eigenvalue weighted by Gasteiger charge is 2.19. The molecule has 1 heterocycles. The van der Waals surface area contributed by atoms with E-state index in [9.17, 15) is 4.79 Å². The zero-order chi connectivity index (χ0) is 14.8. The molecule has 4 N–H and O–H groups in total. The van der Waals surface area contributed by atoms with Crippen LogP contribution >= 0.6 is 0 Å². The Labute approximate surface area is 119 Å². The van der Waals surface area contributed by atoms with Crippen molar-refractivity contribution >= 4 is 17.5 Å². The largest absolute Gasteiger partial charge is 0.443 e. The van der Waals surface area contributed by atoms with Crippen LogP contribution in [0.4, 0.5) is 16.2 Å². The molecule has 1 aromatic rings. The maximum Gasteiger partial charge on any atom is 0.426 e. The summed E-state index contributed by atoms with van der Waals surface area (Å²) in [5.74, 6) is 0. The number of rotatable bonds is 2. The minimum absolute atomic E-state index is 0.529. The lowest BCUT2D eigenvalue weighted by atomic mass is 9.94. The van der Waals surface area contributed by atoms with E-state index in [1.165, 1.54) is 0 Å². The van der Waals surface area contributed by atoms with E-state index >= 15 is 0 Å². The second-order valence-electron chi connectivity index (χ2n) is 5.97. The van der Waals surface area contributed by atoms with Gasteiger partial charge in [-0.15, -0.1) is 0 Å². The van der Waals surface area contributed by atoms with E-state index in [2.05, 4.69) is 15.8 Å². The van der Waals surface area contributed by atoms with Crippen molar-refractivity contribution in [2.45, 2.75) is 52.1 Å². The highest BCUT2D eigenvalue weighted by Crippen LogP contribution is 2.30. The normalized spacial score (nSPS) is 14.3. The van der Waals surface area contributed by atoms with Crippen molar-refractivity contribution in [2.75, 3.05) is 11.2 Å². The molecule has 1 aromatic heterocycles. The Kier molecular flexibility index (Phi) is 4.01. The highest BCUT2D eigenvalue weighted by molar-refractivity contribution is 5.75. The fraction of sp³-hybridized carbons (Fsp3) is 0.571. The van der Waals surface area contributed by atoms with Crippen molar-refractivity contribution in [3.05, 3.63) is 17.5 Å². The summed E-state index contributed by atoms with van der Waals surface area (Å²) in [6.07, 6.45) is 5.23. The number of aryl methyl sites for hydroxylation is 1. The Balaban J connectivity index is 2.08. The molecule has 0 atom stereocenters. The average molecular weight is 278 g/mol. The van der Waals surface area contributed by atoms with E-state index in [4.69, 9.17) is 10.5 Å². The van der Waals surface area contributed by atoms with E-state index in [0.717, 1.165) is 42.6 Å². The van der Waals surface area contributed by atoms with Gasteiger partial charge in [-0.2, -0.15) is 0 Å². The third-order valence-electron chi connectivity index (χ3n) is 3.08. The monoisotopic (exact) mass is 278 g/mol. The van der Waals surface area contributed by atoms with Gasteiger partial charge in [-0.1, -0.05) is 0 Å². The predicted molar refractivity (Wildman–Crippen MR) is 78.3 cm³/mol. The minimum Gasteiger partial charge on any atom is -0.443 e. The van der Waals surface area contributed by atoms with Gasteiger partial charge in [-0.05, 0) is 46.5 Å². The predicted octanol–water partition coefficient (Wildman–Crippen LogP) is 2.39. The summed E-state index contributed by atoms with van der Waals surface area (Å²) in [6, 6.07) is 0. The van der Waals surface area contributed by atoms with Crippen LogP contribution < -0.4 is 16.6 Å². The van der Waals surface area contributed by atoms with E-state index in [1.807, 2.05) is 20.8 Å². The Morgan fingerprint density at radius 3 is 2.75 bits per heavy atom. The summed E-state index contributed by atoms with van der Waals surface area (Å²) in [5, 5.41) is 0. The van der Waals surface area contributed by atoms with Crippen molar-refractivity contribution in [3.8, 4) is 0 Å². The molecule has 2 rings (SSSR count). The first kappa shape index (κ1) is 14.4. The topological polar surface area (TPSA) is 89.3 Å². The fourth-order valence-corrected chi connectivity index (χ4v) is 2.25. The average Bonchev–Trinajstić information content (AvgIpc) is 2.35. The lowest BCUT2D eigenvalue weighted by Gasteiger charge is -2.23. The molecule has 0 spiro atoms. The van der Waals surface area contributed by atoms with E-state index < -0.39 is 11.7 Å². The Morgan fingerprint density at radius 2 is 2.05 bits per heavy atom. The van der Waals surface area contributed by atoms with Gasteiger partial charge in [0.2, 0.25) is 0 Å². The Hall–Kier alpha value is -1.98. The van der Waals surface area contributed by atoms with Crippen LogP contribution in [0.3, 0.4) is 0 Å². The molecule has 1 aliphatic rings. The van der Waals surface area contributed by atoms with Gasteiger partial charge in [-0.25, -0.2) is 10.2 Å². The zero-order valence-corrected chi connectivity index (χ0v) is 12.2. The molecule has 6 nitrogen and oxygen atoms in total. The summed E-state index contributed by atoms with van der Waals surface area (Å²) < 4.78 is 5.17. The number of carbonyl (C=O) groups is 1. The molecule has 6 heteroatoms. The number of ether oxygens (including phenoxy) is 1. The maximum atomic E-state index is 11.7. The smallest absolute Gasteiger partial charge is 0.426 e. The van der Waals surface area contributed by atoms with Crippen LogP contribution in [0.15, 0.2) is 6.20 Å². The first-order valence-electron chi connectivity index (χ1n) is 6.88. The number of anilines is 2. The number of aromatic nitrogens is 1. The summed E-state index contributed by atoms with van der Waals surface area (Å²) in [7, 11) is 0. The van der Waals surface area contributed by atoms with Crippen molar-refractivity contribution in [3.63, 3.8) is 0 Å². The van der Waals surface area contributed by atoms with Gasteiger partial charge >= 0.3 is 6.09 Å². The van der Waals surface area contributed by atoms with Crippen LogP contribution in [0.25, 0.3) is 0 Å². The zero-order valence-electron chi connectivity index (χ0n) is 12.2. The molecule has 0 aliphatic heterocycles. The van der Waals surface area contributed by atoms with Gasteiger partial charge < -0.3 is 10.5 Å². The van der Waals surface area contributed by atoms with Gasteiger partial charge in [0.1, 0.15) is 5.60 Å². The van der Waals surface area contributed by atoms with Gasteiger partial charge in [0.05, 0.1) is 17.6 Å². The molecule has 0 fully saturated rings. The van der Waals surface area contributed by atoms with Crippen LogP contribution in [0, 0.1) is 0 Å². The van der Waals surface area contributed by atoms with Gasteiger partial charge in [0.15, 0.2) is 0 Å². The quantitative estimate of drug-likeness (QED) is 0.723. The molecule has 110 valence electrons. The molecular weight excluding hydrogens is 256 g/mol. The third-order valence-corrected chi connectivity index (χ3v) is 3.08. The number of pyridine rings is 1. The van der Waals surface area contributed by atoms with Gasteiger partial charge in [-0.3, -0.25) is 10.4 Å². The second kappa shape index (κ2) is 5.56. The highest BCUT2D eigenvalue weighted by atomic mass is 16.6. The number of nitrogen functional groups attached to an aromatic ring is 1. The van der Waals surface area contributed by atoms with Crippen molar-refractivity contribution in [1.82, 2.24) is 10.4 Å². The molecule has 0 unspecified atom stereocenters. The first-order valence-corrected chi connectivity index (χ1v) is 6.88. The molecular formula is C14H22N4O2. The number of fused-ring (bicyclic) bond motifs is 1. The van der Waals surface area contributed by atoms with Crippen LogP contribution in [0.2, 0.25) is 0 Å². The van der Waals surface area contributed by atoms with Crippen LogP contribution in [-0.4, -0.2) is 16.7 Å². The first-order chi connectivity index (χ1) is 9.37. The molecule has 0 saturated carbocycles. The molecule has 0 saturated heterocycles. The number of nitrogens with two attached hydrogens (primary N) is 1. The molecule has 0 aromatic carbocycles. The molecule has 1 amide bonds. The van der Waals surface area contributed by atoms with Crippen LogP contribution in [0.5, 0.6) is 0 Å². The summed E-state index contributed by atoms with van der Waals surface area (Å²) >= 11 is 0. The van der Waals surface area contributed by atoms with Crippen molar-refractivity contribution in [2.24, 2.45) is 0 Å². The summed E-state index contributed by atoms with van der Waals surface area (Å²) in [6.45, 7) is 5.44. The lowest BCUT2D eigenvalue weighted by Crippen LogP contribution is -2.36. The molecule has 1 aliphatic carbocycles. The number of carbonyl (C=O) groups excluding carboxylic acids is 1. The van der Waals surface area contributed by atoms with E-state index in [0.29, 0.717) is 5.69 Å².